The Bertz CT molecular complexity index is 552. The van der Waals surface area contributed by atoms with Crippen molar-refractivity contribution in [1.82, 2.24) is 0 Å². The minimum absolute atomic E-state index is 0.329. The van der Waals surface area contributed by atoms with Crippen LogP contribution in [0, 0.1) is 0 Å². The fourth-order valence-electron chi connectivity index (χ4n) is 1.33. The molecule has 2 rings (SSSR count). The van der Waals surface area contributed by atoms with Crippen LogP contribution in [0.15, 0.2) is 48.5 Å². The molecule has 4 N–H and O–H groups in total. The van der Waals surface area contributed by atoms with E-state index in [4.69, 9.17) is 20.9 Å². The van der Waals surface area contributed by atoms with E-state index in [-0.39, 0.29) is 0 Å². The van der Waals surface area contributed by atoms with Crippen LogP contribution in [0.5, 0.6) is 11.5 Å². The zero-order valence-corrected chi connectivity index (χ0v) is 9.50. The fourth-order valence-corrected chi connectivity index (χ4v) is 1.33. The lowest BCUT2D eigenvalue weighted by molar-refractivity contribution is 0.152. The lowest BCUT2D eigenvalue weighted by Crippen LogP contribution is -2.13. The summed E-state index contributed by atoms with van der Waals surface area (Å²) >= 11 is 0. The van der Waals surface area contributed by atoms with Crippen LogP contribution >= 0.6 is 0 Å². The first-order valence-corrected chi connectivity index (χ1v) is 5.24. The molecule has 0 atom stereocenters. The summed E-state index contributed by atoms with van der Waals surface area (Å²) in [5, 5.41) is 0. The van der Waals surface area contributed by atoms with E-state index >= 15 is 0 Å². The molecule has 0 fully saturated rings. The fraction of sp³-hybridized carbons (Fsp3) is 0. The summed E-state index contributed by atoms with van der Waals surface area (Å²) in [6, 6.07) is 12.9. The summed E-state index contributed by atoms with van der Waals surface area (Å²) in [4.78, 5) is 11.5. The van der Waals surface area contributed by atoms with Crippen molar-refractivity contribution >= 4 is 17.5 Å². The molecule has 2 aromatic carbocycles. The Labute approximate surface area is 104 Å². The van der Waals surface area contributed by atoms with Gasteiger partial charge in [-0.1, -0.05) is 6.07 Å². The average molecular weight is 244 g/mol. The van der Waals surface area contributed by atoms with E-state index in [0.717, 1.165) is 0 Å². The molecule has 0 bridgehead atoms. The Morgan fingerprint density at radius 2 is 1.50 bits per heavy atom. The van der Waals surface area contributed by atoms with Gasteiger partial charge in [-0.25, -0.2) is 4.79 Å². The van der Waals surface area contributed by atoms with Gasteiger partial charge in [-0.05, 0) is 36.4 Å². The molecule has 0 aliphatic heterocycles. The zero-order chi connectivity index (χ0) is 13.0. The molecule has 5 heteroatoms. The standard InChI is InChI=1S/C13H12N2O3/c14-9-4-6-11(7-5-9)17-13(16)18-12-3-1-2-10(15)8-12/h1-8H,14-15H2. The van der Waals surface area contributed by atoms with E-state index in [0.29, 0.717) is 22.9 Å². The third-order valence-electron chi connectivity index (χ3n) is 2.14. The second-order valence-corrected chi connectivity index (χ2v) is 3.60. The summed E-state index contributed by atoms with van der Waals surface area (Å²) in [6.45, 7) is 0. The maximum Gasteiger partial charge on any atom is 0.519 e. The van der Waals surface area contributed by atoms with Gasteiger partial charge in [-0.15, -0.1) is 0 Å². The highest BCUT2D eigenvalue weighted by Crippen LogP contribution is 2.17. The number of nitrogens with two attached hydrogens (primary N) is 2. The topological polar surface area (TPSA) is 87.6 Å². The minimum Gasteiger partial charge on any atom is -0.399 e. The van der Waals surface area contributed by atoms with Gasteiger partial charge in [-0.3, -0.25) is 0 Å². The van der Waals surface area contributed by atoms with Gasteiger partial charge in [-0.2, -0.15) is 0 Å². The van der Waals surface area contributed by atoms with Crippen LogP contribution < -0.4 is 20.9 Å². The molecule has 5 nitrogen and oxygen atoms in total. The SMILES string of the molecule is Nc1ccc(OC(=O)Oc2cccc(N)c2)cc1. The first-order valence-electron chi connectivity index (χ1n) is 5.24. The second-order valence-electron chi connectivity index (χ2n) is 3.60. The van der Waals surface area contributed by atoms with Gasteiger partial charge < -0.3 is 20.9 Å². The zero-order valence-electron chi connectivity index (χ0n) is 9.50. The van der Waals surface area contributed by atoms with E-state index in [9.17, 15) is 4.79 Å². The van der Waals surface area contributed by atoms with Crippen molar-refractivity contribution in [3.63, 3.8) is 0 Å². The van der Waals surface area contributed by atoms with E-state index in [2.05, 4.69) is 0 Å². The Balaban J connectivity index is 1.98. The predicted molar refractivity (Wildman–Crippen MR) is 68.4 cm³/mol. The largest absolute Gasteiger partial charge is 0.519 e. The molecular formula is C13H12N2O3. The number of nitrogen functional groups attached to an aromatic ring is 2. The van der Waals surface area contributed by atoms with Crippen LogP contribution in [0.25, 0.3) is 0 Å². The number of rotatable bonds is 2. The lowest BCUT2D eigenvalue weighted by atomic mass is 10.3. The summed E-state index contributed by atoms with van der Waals surface area (Å²) in [6.07, 6.45) is -0.828. The molecule has 92 valence electrons. The highest BCUT2D eigenvalue weighted by molar-refractivity contribution is 5.67. The van der Waals surface area contributed by atoms with Crippen LogP contribution in [0.2, 0.25) is 0 Å². The molecule has 0 saturated carbocycles. The summed E-state index contributed by atoms with van der Waals surface area (Å²) < 4.78 is 9.91. The molecule has 0 unspecified atom stereocenters. The van der Waals surface area contributed by atoms with Crippen molar-refractivity contribution in [2.24, 2.45) is 0 Å². The number of hydrogen-bond acceptors (Lipinski definition) is 5. The predicted octanol–water partition coefficient (Wildman–Crippen LogP) is 2.43. The van der Waals surface area contributed by atoms with Crippen molar-refractivity contribution < 1.29 is 14.3 Å². The quantitative estimate of drug-likeness (QED) is 0.481. The number of anilines is 2. The number of ether oxygens (including phenoxy) is 2. The molecule has 0 aliphatic rings. The highest BCUT2D eigenvalue weighted by atomic mass is 16.7. The summed E-state index contributed by atoms with van der Waals surface area (Å²) in [5.41, 5.74) is 12.2. The Morgan fingerprint density at radius 3 is 2.17 bits per heavy atom. The average Bonchev–Trinajstić information content (AvgIpc) is 2.32. The van der Waals surface area contributed by atoms with Gasteiger partial charge >= 0.3 is 6.16 Å². The Hall–Kier alpha value is -2.69. The molecule has 18 heavy (non-hydrogen) atoms. The monoisotopic (exact) mass is 244 g/mol. The number of benzene rings is 2. The normalized spacial score (nSPS) is 9.78. The lowest BCUT2D eigenvalue weighted by Gasteiger charge is -2.06. The summed E-state index contributed by atoms with van der Waals surface area (Å²) in [5.74, 6) is 0.688. The van der Waals surface area contributed by atoms with Crippen molar-refractivity contribution in [2.75, 3.05) is 11.5 Å². The van der Waals surface area contributed by atoms with Gasteiger partial charge in [0.1, 0.15) is 11.5 Å². The molecule has 0 amide bonds. The van der Waals surface area contributed by atoms with Gasteiger partial charge in [0.15, 0.2) is 0 Å². The maximum atomic E-state index is 11.5. The molecule has 0 saturated heterocycles. The molecule has 0 aliphatic carbocycles. The molecule has 0 spiro atoms. The number of carbonyl (C=O) groups excluding carboxylic acids is 1. The maximum absolute atomic E-state index is 11.5. The van der Waals surface area contributed by atoms with Crippen molar-refractivity contribution in [3.05, 3.63) is 48.5 Å². The number of hydrogen-bond donors (Lipinski definition) is 2. The first-order chi connectivity index (χ1) is 8.63. The van der Waals surface area contributed by atoms with Gasteiger partial charge in [0.05, 0.1) is 0 Å². The molecule has 0 aromatic heterocycles. The van der Waals surface area contributed by atoms with Gasteiger partial charge in [0.25, 0.3) is 0 Å². The van der Waals surface area contributed by atoms with Crippen LogP contribution in [-0.2, 0) is 0 Å². The Kier molecular flexibility index (Phi) is 3.33. The molecule has 0 radical (unpaired) electrons. The summed E-state index contributed by atoms with van der Waals surface area (Å²) in [7, 11) is 0. The van der Waals surface area contributed by atoms with Gasteiger partial charge in [0.2, 0.25) is 0 Å². The van der Waals surface area contributed by atoms with E-state index in [1.807, 2.05) is 0 Å². The molecular weight excluding hydrogens is 232 g/mol. The first kappa shape index (κ1) is 11.8. The van der Waals surface area contributed by atoms with Crippen LogP contribution in [-0.4, -0.2) is 6.16 Å². The second kappa shape index (κ2) is 5.09. The third kappa shape index (κ3) is 3.15. The van der Waals surface area contributed by atoms with Crippen LogP contribution in [0.1, 0.15) is 0 Å². The van der Waals surface area contributed by atoms with Crippen LogP contribution in [0.4, 0.5) is 16.2 Å². The number of carbonyl (C=O) groups is 1. The van der Waals surface area contributed by atoms with Crippen molar-refractivity contribution in [1.29, 1.82) is 0 Å². The minimum atomic E-state index is -0.828. The van der Waals surface area contributed by atoms with Crippen LogP contribution in [0.3, 0.4) is 0 Å². The van der Waals surface area contributed by atoms with Crippen molar-refractivity contribution in [3.8, 4) is 11.5 Å². The molecule has 2 aromatic rings. The Morgan fingerprint density at radius 1 is 0.833 bits per heavy atom. The molecule has 0 heterocycles. The van der Waals surface area contributed by atoms with Gasteiger partial charge in [0, 0.05) is 17.4 Å². The smallest absolute Gasteiger partial charge is 0.399 e. The van der Waals surface area contributed by atoms with Crippen molar-refractivity contribution in [2.45, 2.75) is 0 Å². The highest BCUT2D eigenvalue weighted by Gasteiger charge is 2.07. The van der Waals surface area contributed by atoms with E-state index in [1.165, 1.54) is 6.07 Å². The third-order valence-corrected chi connectivity index (χ3v) is 2.14. The van der Waals surface area contributed by atoms with E-state index in [1.54, 1.807) is 42.5 Å². The van der Waals surface area contributed by atoms with E-state index < -0.39 is 6.16 Å².